The van der Waals surface area contributed by atoms with E-state index in [1.165, 1.54) is 55.2 Å². The zero-order valence-electron chi connectivity index (χ0n) is 31.0. The highest BCUT2D eigenvalue weighted by atomic mass is 15.2. The lowest BCUT2D eigenvalue weighted by atomic mass is 9.80. The van der Waals surface area contributed by atoms with Gasteiger partial charge in [0.2, 0.25) is 0 Å². The maximum atomic E-state index is 2.48. The van der Waals surface area contributed by atoms with Gasteiger partial charge in [-0.15, -0.1) is 0 Å². The molecule has 8 aromatic rings. The minimum absolute atomic E-state index is 0.0789. The molecule has 0 fully saturated rings. The first kappa shape index (κ1) is 33.4. The molecule has 10 rings (SSSR count). The van der Waals surface area contributed by atoms with E-state index in [9.17, 15) is 0 Å². The summed E-state index contributed by atoms with van der Waals surface area (Å²) < 4.78 is 0. The van der Waals surface area contributed by atoms with Crippen LogP contribution in [0.5, 0.6) is 0 Å². The third-order valence-corrected chi connectivity index (χ3v) is 11.1. The van der Waals surface area contributed by atoms with Gasteiger partial charge in [-0.05, 0) is 111 Å². The second-order valence-corrected chi connectivity index (χ2v) is 14.5. The normalized spacial score (nSPS) is 14.6. The van der Waals surface area contributed by atoms with Gasteiger partial charge in [0.05, 0.1) is 11.7 Å². The van der Waals surface area contributed by atoms with Gasteiger partial charge in [-0.1, -0.05) is 170 Å². The van der Waals surface area contributed by atoms with Gasteiger partial charge >= 0.3 is 0 Å². The molecule has 1 atom stereocenters. The Kier molecular flexibility index (Phi) is 8.70. The third kappa shape index (κ3) is 6.22. The molecule has 266 valence electrons. The molecule has 2 aliphatic rings. The van der Waals surface area contributed by atoms with Crippen LogP contribution >= 0.6 is 0 Å². The van der Waals surface area contributed by atoms with Crippen molar-refractivity contribution in [2.24, 2.45) is 0 Å². The zero-order chi connectivity index (χ0) is 37.3. The number of nitrogens with zero attached hydrogens (tertiary/aromatic N) is 2. The molecule has 0 bridgehead atoms. The van der Waals surface area contributed by atoms with Crippen molar-refractivity contribution in [3.63, 3.8) is 0 Å². The molecule has 56 heavy (non-hydrogen) atoms. The van der Waals surface area contributed by atoms with Gasteiger partial charge < -0.3 is 9.80 Å². The molecular formula is C54H40N2. The number of anilines is 5. The van der Waals surface area contributed by atoms with Crippen LogP contribution in [0.15, 0.2) is 218 Å². The number of benzene rings is 8. The van der Waals surface area contributed by atoms with Crippen LogP contribution in [-0.4, -0.2) is 0 Å². The maximum Gasteiger partial charge on any atom is 0.0787 e. The van der Waals surface area contributed by atoms with Crippen molar-refractivity contribution in [1.82, 2.24) is 0 Å². The molecule has 1 unspecified atom stereocenters. The Hall–Kier alpha value is -7.16. The predicted molar refractivity (Wildman–Crippen MR) is 239 cm³/mol. The largest absolute Gasteiger partial charge is 0.330 e. The van der Waals surface area contributed by atoms with E-state index >= 15 is 0 Å². The zero-order valence-corrected chi connectivity index (χ0v) is 31.0. The van der Waals surface area contributed by atoms with Crippen molar-refractivity contribution in [2.75, 3.05) is 9.80 Å². The summed E-state index contributed by atoms with van der Waals surface area (Å²) in [4.78, 5) is 4.85. The fraction of sp³-hybridized carbons (Fsp3) is 0.0370. The van der Waals surface area contributed by atoms with Gasteiger partial charge in [0.25, 0.3) is 0 Å². The quantitative estimate of drug-likeness (QED) is 0.114. The molecule has 2 heteroatoms. The molecular weight excluding hydrogens is 677 g/mol. The number of rotatable bonds is 8. The Morgan fingerprint density at radius 2 is 1.04 bits per heavy atom. The standard InChI is InChI=1S/C54H40N2/c1-3-17-43(18-4-1)55(53-37-41-15-7-9-21-47(41)49-23-11-13-25-51(49)53)45-33-29-39(30-34-45)27-28-40-31-35-46(36-32-40)56(44-19-5-2-6-20-44)54-38-42-16-8-10-22-48(42)50-24-12-14-26-52(50)54/h1-15,17-38,54H,16H2/b28-27-. The van der Waals surface area contributed by atoms with Gasteiger partial charge in [0, 0.05) is 28.1 Å². The maximum absolute atomic E-state index is 2.48. The van der Waals surface area contributed by atoms with Gasteiger partial charge in [-0.2, -0.15) is 0 Å². The summed E-state index contributed by atoms with van der Waals surface area (Å²) in [6.07, 6.45) is 14.5. The molecule has 0 radical (unpaired) electrons. The van der Waals surface area contributed by atoms with E-state index in [1.807, 2.05) is 0 Å². The highest BCUT2D eigenvalue weighted by Crippen LogP contribution is 2.46. The lowest BCUT2D eigenvalue weighted by Crippen LogP contribution is -2.26. The average Bonchev–Trinajstić information content (AvgIpc) is 3.27. The van der Waals surface area contributed by atoms with Crippen molar-refractivity contribution in [3.05, 3.63) is 240 Å². The number of hydrogen-bond acceptors (Lipinski definition) is 2. The molecule has 8 aromatic carbocycles. The van der Waals surface area contributed by atoms with Gasteiger partial charge in [0.1, 0.15) is 0 Å². The molecule has 0 aliphatic heterocycles. The molecule has 0 heterocycles. The summed E-state index contributed by atoms with van der Waals surface area (Å²) in [6, 6.07) is 68.0. The molecule has 0 spiro atoms. The van der Waals surface area contributed by atoms with E-state index in [2.05, 4.69) is 234 Å². The van der Waals surface area contributed by atoms with Crippen LogP contribution in [0.2, 0.25) is 0 Å². The molecule has 0 saturated heterocycles. The van der Waals surface area contributed by atoms with Crippen LogP contribution in [-0.2, 0) is 0 Å². The topological polar surface area (TPSA) is 6.48 Å². The fourth-order valence-corrected chi connectivity index (χ4v) is 8.45. The summed E-state index contributed by atoms with van der Waals surface area (Å²) in [7, 11) is 0. The number of hydrogen-bond donors (Lipinski definition) is 0. The van der Waals surface area contributed by atoms with Crippen molar-refractivity contribution in [2.45, 2.75) is 12.5 Å². The summed E-state index contributed by atoms with van der Waals surface area (Å²) in [5.41, 5.74) is 13.4. The first-order valence-corrected chi connectivity index (χ1v) is 19.4. The van der Waals surface area contributed by atoms with Crippen LogP contribution in [0.25, 0.3) is 39.3 Å². The molecule has 0 N–H and O–H groups in total. The molecule has 2 nitrogen and oxygen atoms in total. The average molecular weight is 717 g/mol. The molecule has 0 aromatic heterocycles. The summed E-state index contributed by atoms with van der Waals surface area (Å²) >= 11 is 0. The number of fused-ring (bicyclic) bond motifs is 6. The first-order chi connectivity index (χ1) is 27.8. The van der Waals surface area contributed by atoms with E-state index in [-0.39, 0.29) is 6.04 Å². The lowest BCUT2D eigenvalue weighted by molar-refractivity contribution is 0.830. The third-order valence-electron chi connectivity index (χ3n) is 11.1. The van der Waals surface area contributed by atoms with Crippen molar-refractivity contribution in [3.8, 4) is 0 Å². The number of para-hydroxylation sites is 2. The molecule has 2 aliphatic carbocycles. The molecule has 0 saturated carbocycles. The first-order valence-electron chi connectivity index (χ1n) is 19.4. The van der Waals surface area contributed by atoms with Gasteiger partial charge in [0.15, 0.2) is 0 Å². The van der Waals surface area contributed by atoms with E-state index < -0.39 is 0 Å². The Morgan fingerprint density at radius 3 is 1.77 bits per heavy atom. The lowest BCUT2D eigenvalue weighted by Gasteiger charge is -2.37. The van der Waals surface area contributed by atoms with Crippen LogP contribution in [0.4, 0.5) is 28.4 Å². The Labute approximate surface area is 328 Å². The van der Waals surface area contributed by atoms with Gasteiger partial charge in [-0.25, -0.2) is 0 Å². The van der Waals surface area contributed by atoms with Crippen LogP contribution < -0.4 is 9.80 Å². The summed E-state index contributed by atoms with van der Waals surface area (Å²) in [5.74, 6) is 0. The van der Waals surface area contributed by atoms with E-state index in [1.54, 1.807) is 0 Å². The highest BCUT2D eigenvalue weighted by Gasteiger charge is 2.29. The van der Waals surface area contributed by atoms with E-state index in [0.717, 1.165) is 34.6 Å². The summed E-state index contributed by atoms with van der Waals surface area (Å²) in [5, 5.41) is 4.98. The summed E-state index contributed by atoms with van der Waals surface area (Å²) in [6.45, 7) is 0. The van der Waals surface area contributed by atoms with Gasteiger partial charge in [-0.3, -0.25) is 0 Å². The van der Waals surface area contributed by atoms with Crippen LogP contribution in [0.1, 0.15) is 34.7 Å². The Morgan fingerprint density at radius 1 is 0.482 bits per heavy atom. The minimum Gasteiger partial charge on any atom is -0.330 e. The van der Waals surface area contributed by atoms with E-state index in [4.69, 9.17) is 0 Å². The monoisotopic (exact) mass is 716 g/mol. The van der Waals surface area contributed by atoms with Crippen molar-refractivity contribution in [1.29, 1.82) is 0 Å². The smallest absolute Gasteiger partial charge is 0.0787 e. The predicted octanol–water partition coefficient (Wildman–Crippen LogP) is 14.8. The SMILES string of the molecule is C1=CCC2=CC(N(c3ccccc3)c3ccc(/C=C\c4ccc(N(c5ccccc5)c5cc6ccccc6c6ccccc56)cc4)cc3)c3ccccc3C2=C1. The second-order valence-electron chi connectivity index (χ2n) is 14.5. The Bertz CT molecular complexity index is 2810. The van der Waals surface area contributed by atoms with Crippen molar-refractivity contribution >= 4 is 67.7 Å². The minimum atomic E-state index is 0.0789. The second kappa shape index (κ2) is 14.6. The fourth-order valence-electron chi connectivity index (χ4n) is 8.45. The molecule has 0 amide bonds. The Balaban J connectivity index is 0.961. The van der Waals surface area contributed by atoms with E-state index in [0.29, 0.717) is 0 Å². The van der Waals surface area contributed by atoms with Crippen LogP contribution in [0.3, 0.4) is 0 Å². The van der Waals surface area contributed by atoms with Crippen LogP contribution in [0, 0.1) is 0 Å². The number of allylic oxidation sites excluding steroid dienone is 5. The highest BCUT2D eigenvalue weighted by molar-refractivity contribution is 6.14. The van der Waals surface area contributed by atoms with Crippen molar-refractivity contribution < 1.29 is 0 Å².